The number of nitrogens with zero attached hydrogens (tertiary/aromatic N) is 2. The summed E-state index contributed by atoms with van der Waals surface area (Å²) >= 11 is 0. The summed E-state index contributed by atoms with van der Waals surface area (Å²) < 4.78 is 0. The molecule has 1 aliphatic carbocycles. The van der Waals surface area contributed by atoms with Gasteiger partial charge in [-0.05, 0) is 37.5 Å². The Hall–Kier alpha value is -2.35. The molecule has 2 atom stereocenters. The Bertz CT molecular complexity index is 614. The molecule has 5 nitrogen and oxygen atoms in total. The van der Waals surface area contributed by atoms with E-state index in [-0.39, 0.29) is 23.7 Å². The van der Waals surface area contributed by atoms with E-state index < -0.39 is 0 Å². The molecule has 1 aromatic rings. The van der Waals surface area contributed by atoms with Crippen LogP contribution in [0.2, 0.25) is 0 Å². The van der Waals surface area contributed by atoms with Crippen molar-refractivity contribution >= 4 is 17.5 Å². The molecule has 5 heteroatoms. The second-order valence-electron chi connectivity index (χ2n) is 5.66. The lowest BCUT2D eigenvalue weighted by Gasteiger charge is -2.14. The van der Waals surface area contributed by atoms with Crippen LogP contribution in [0.4, 0.5) is 5.69 Å². The van der Waals surface area contributed by atoms with Gasteiger partial charge >= 0.3 is 0 Å². The highest BCUT2D eigenvalue weighted by molar-refractivity contribution is 5.99. The summed E-state index contributed by atoms with van der Waals surface area (Å²) in [7, 11) is 0. The Morgan fingerprint density at radius 2 is 2.00 bits per heavy atom. The molecule has 1 heterocycles. The molecule has 1 N–H and O–H groups in total. The Balaban J connectivity index is 1.57. The molecule has 0 aromatic heterocycles. The van der Waals surface area contributed by atoms with Crippen molar-refractivity contribution in [1.29, 1.82) is 5.26 Å². The molecule has 0 spiro atoms. The summed E-state index contributed by atoms with van der Waals surface area (Å²) in [6.07, 6.45) is 2.77. The summed E-state index contributed by atoms with van der Waals surface area (Å²) in [5.74, 6) is -0.368. The Morgan fingerprint density at radius 3 is 2.71 bits per heavy atom. The molecule has 1 saturated heterocycles. The molecule has 3 rings (SSSR count). The van der Waals surface area contributed by atoms with Crippen LogP contribution >= 0.6 is 0 Å². The lowest BCUT2D eigenvalue weighted by Crippen LogP contribution is -2.30. The molecule has 1 aliphatic heterocycles. The number of carbonyl (C=O) groups excluding carboxylic acids is 2. The fourth-order valence-electron chi connectivity index (χ4n) is 2.83. The van der Waals surface area contributed by atoms with Crippen molar-refractivity contribution < 1.29 is 9.59 Å². The lowest BCUT2D eigenvalue weighted by atomic mass is 10.2. The first-order valence-electron chi connectivity index (χ1n) is 7.29. The summed E-state index contributed by atoms with van der Waals surface area (Å²) in [6.45, 7) is 1.65. The lowest BCUT2D eigenvalue weighted by molar-refractivity contribution is -0.133. The summed E-state index contributed by atoms with van der Waals surface area (Å²) in [4.78, 5) is 26.2. The number of rotatable bonds is 3. The molecule has 1 saturated carbocycles. The number of carbonyl (C=O) groups is 2. The van der Waals surface area contributed by atoms with E-state index in [1.54, 1.807) is 24.3 Å². The molecule has 108 valence electrons. The molecule has 2 fully saturated rings. The van der Waals surface area contributed by atoms with Crippen LogP contribution in [0.25, 0.3) is 0 Å². The maximum atomic E-state index is 12.2. The van der Waals surface area contributed by atoms with Gasteiger partial charge in [-0.2, -0.15) is 5.26 Å². The van der Waals surface area contributed by atoms with E-state index in [9.17, 15) is 9.59 Å². The Kier molecular flexibility index (Phi) is 3.61. The standard InChI is InChI=1S/C16H17N3O2/c17-10-11-4-3-5-12(8-11)18-15(20)13-9-14(13)16(21)19-6-1-2-7-19/h3-5,8,13-14H,1-2,6-7,9H2,(H,18,20). The SMILES string of the molecule is N#Cc1cccc(NC(=O)C2CC2C(=O)N2CCCC2)c1. The maximum Gasteiger partial charge on any atom is 0.228 e. The van der Waals surface area contributed by atoms with Crippen molar-refractivity contribution in [3.05, 3.63) is 29.8 Å². The highest BCUT2D eigenvalue weighted by Gasteiger charge is 2.49. The van der Waals surface area contributed by atoms with E-state index in [4.69, 9.17) is 5.26 Å². The van der Waals surface area contributed by atoms with Crippen molar-refractivity contribution in [2.24, 2.45) is 11.8 Å². The van der Waals surface area contributed by atoms with Gasteiger partial charge in [0, 0.05) is 18.8 Å². The van der Waals surface area contributed by atoms with E-state index in [0.717, 1.165) is 25.9 Å². The molecule has 0 radical (unpaired) electrons. The van der Waals surface area contributed by atoms with Gasteiger partial charge in [-0.25, -0.2) is 0 Å². The third-order valence-corrected chi connectivity index (χ3v) is 4.12. The van der Waals surface area contributed by atoms with Crippen molar-refractivity contribution in [2.75, 3.05) is 18.4 Å². The first-order chi connectivity index (χ1) is 10.2. The highest BCUT2D eigenvalue weighted by Crippen LogP contribution is 2.41. The molecule has 1 aromatic carbocycles. The van der Waals surface area contributed by atoms with Crippen LogP contribution in [0, 0.1) is 23.2 Å². The van der Waals surface area contributed by atoms with Gasteiger partial charge in [0.1, 0.15) is 0 Å². The van der Waals surface area contributed by atoms with Crippen LogP contribution in [-0.2, 0) is 9.59 Å². The molecule has 2 amide bonds. The van der Waals surface area contributed by atoms with Crippen LogP contribution in [-0.4, -0.2) is 29.8 Å². The number of anilines is 1. The monoisotopic (exact) mass is 283 g/mol. The second kappa shape index (κ2) is 5.57. The van der Waals surface area contributed by atoms with Crippen LogP contribution in [0.1, 0.15) is 24.8 Å². The first-order valence-corrected chi connectivity index (χ1v) is 7.29. The van der Waals surface area contributed by atoms with Crippen molar-refractivity contribution in [1.82, 2.24) is 4.90 Å². The van der Waals surface area contributed by atoms with Gasteiger partial charge in [0.15, 0.2) is 0 Å². The number of hydrogen-bond donors (Lipinski definition) is 1. The normalized spacial score (nSPS) is 23.5. The van der Waals surface area contributed by atoms with E-state index in [1.165, 1.54) is 0 Å². The third kappa shape index (κ3) is 2.89. The molecule has 0 bridgehead atoms. The quantitative estimate of drug-likeness (QED) is 0.918. The van der Waals surface area contributed by atoms with Gasteiger partial charge in [0.2, 0.25) is 11.8 Å². The van der Waals surface area contributed by atoms with Gasteiger partial charge in [-0.3, -0.25) is 9.59 Å². The van der Waals surface area contributed by atoms with Gasteiger partial charge in [0.05, 0.1) is 23.5 Å². The largest absolute Gasteiger partial charge is 0.342 e. The topological polar surface area (TPSA) is 73.2 Å². The number of nitrogens with one attached hydrogen (secondary N) is 1. The predicted molar refractivity (Wildman–Crippen MR) is 77.2 cm³/mol. The third-order valence-electron chi connectivity index (χ3n) is 4.12. The minimum absolute atomic E-state index is 0.123. The van der Waals surface area contributed by atoms with Crippen molar-refractivity contribution in [2.45, 2.75) is 19.3 Å². The number of hydrogen-bond acceptors (Lipinski definition) is 3. The van der Waals surface area contributed by atoms with E-state index >= 15 is 0 Å². The van der Waals surface area contributed by atoms with Crippen LogP contribution in [0.5, 0.6) is 0 Å². The Morgan fingerprint density at radius 1 is 1.24 bits per heavy atom. The zero-order chi connectivity index (χ0) is 14.8. The average Bonchev–Trinajstić information content (AvgIpc) is 3.12. The number of nitriles is 1. The van der Waals surface area contributed by atoms with Gasteiger partial charge < -0.3 is 10.2 Å². The van der Waals surface area contributed by atoms with Gasteiger partial charge in [0.25, 0.3) is 0 Å². The second-order valence-corrected chi connectivity index (χ2v) is 5.66. The Labute approximate surface area is 123 Å². The molecular formula is C16H17N3O2. The maximum absolute atomic E-state index is 12.2. The van der Waals surface area contributed by atoms with Gasteiger partial charge in [-0.1, -0.05) is 6.07 Å². The van der Waals surface area contributed by atoms with E-state index in [2.05, 4.69) is 5.32 Å². The minimum Gasteiger partial charge on any atom is -0.342 e. The molecule has 21 heavy (non-hydrogen) atoms. The van der Waals surface area contributed by atoms with Crippen molar-refractivity contribution in [3.8, 4) is 6.07 Å². The van der Waals surface area contributed by atoms with Gasteiger partial charge in [-0.15, -0.1) is 0 Å². The average molecular weight is 283 g/mol. The number of likely N-dealkylation sites (tertiary alicyclic amines) is 1. The number of benzene rings is 1. The summed E-state index contributed by atoms with van der Waals surface area (Å²) in [5, 5.41) is 11.6. The number of amides is 2. The van der Waals surface area contributed by atoms with Crippen LogP contribution in [0.3, 0.4) is 0 Å². The fraction of sp³-hybridized carbons (Fsp3) is 0.438. The molecule has 2 aliphatic rings. The summed E-state index contributed by atoms with van der Waals surface area (Å²) in [6, 6.07) is 8.84. The molecule has 2 unspecified atom stereocenters. The van der Waals surface area contributed by atoms with E-state index in [0.29, 0.717) is 17.7 Å². The minimum atomic E-state index is -0.219. The van der Waals surface area contributed by atoms with E-state index in [1.807, 2.05) is 11.0 Å². The molecular weight excluding hydrogens is 266 g/mol. The van der Waals surface area contributed by atoms with Crippen molar-refractivity contribution in [3.63, 3.8) is 0 Å². The predicted octanol–water partition coefficient (Wildman–Crippen LogP) is 1.76. The van der Waals surface area contributed by atoms with Crippen LogP contribution in [0.15, 0.2) is 24.3 Å². The first kappa shape index (κ1) is 13.6. The smallest absolute Gasteiger partial charge is 0.228 e. The zero-order valence-corrected chi connectivity index (χ0v) is 11.7. The highest BCUT2D eigenvalue weighted by atomic mass is 16.2. The fourth-order valence-corrected chi connectivity index (χ4v) is 2.83. The van der Waals surface area contributed by atoms with Crippen LogP contribution < -0.4 is 5.32 Å². The summed E-state index contributed by atoms with van der Waals surface area (Å²) in [5.41, 5.74) is 1.12. The zero-order valence-electron chi connectivity index (χ0n) is 11.7.